The number of hydrogen-bond donors (Lipinski definition) is 2. The molecule has 0 bridgehead atoms. The van der Waals surface area contributed by atoms with Gasteiger partial charge in [-0.25, -0.2) is 13.6 Å². The zero-order valence-corrected chi connectivity index (χ0v) is 7.56. The van der Waals surface area contributed by atoms with Gasteiger partial charge in [0.25, 0.3) is 0 Å². The van der Waals surface area contributed by atoms with Crippen LogP contribution >= 0.6 is 0 Å². The minimum absolute atomic E-state index is 0.0229. The molecule has 0 saturated carbocycles. The Kier molecular flexibility index (Phi) is 2.42. The van der Waals surface area contributed by atoms with Crippen LogP contribution in [0.5, 0.6) is 5.75 Å². The second kappa shape index (κ2) is 3.25. The van der Waals surface area contributed by atoms with Gasteiger partial charge in [0.15, 0.2) is 17.4 Å². The zero-order valence-electron chi connectivity index (χ0n) is 7.56. The second-order valence-electron chi connectivity index (χ2n) is 2.91. The lowest BCUT2D eigenvalue weighted by Crippen LogP contribution is -2.07. The summed E-state index contributed by atoms with van der Waals surface area (Å²) in [6.45, 7) is 2.56. The molecule has 0 aliphatic rings. The van der Waals surface area contributed by atoms with E-state index in [-0.39, 0.29) is 11.1 Å². The summed E-state index contributed by atoms with van der Waals surface area (Å²) in [6.07, 6.45) is 0. The highest BCUT2D eigenvalue weighted by atomic mass is 19.1. The SMILES string of the molecule is Cc1c(C)c(C(=O)O)c(F)c(O)c1F. The number of carboxylic acid groups (broad SMARTS) is 1. The van der Waals surface area contributed by atoms with E-state index in [2.05, 4.69) is 0 Å². The number of carboxylic acids is 1. The van der Waals surface area contributed by atoms with E-state index in [1.165, 1.54) is 13.8 Å². The van der Waals surface area contributed by atoms with E-state index in [0.717, 1.165) is 0 Å². The maximum absolute atomic E-state index is 13.1. The summed E-state index contributed by atoms with van der Waals surface area (Å²) in [4.78, 5) is 10.6. The largest absolute Gasteiger partial charge is 0.503 e. The van der Waals surface area contributed by atoms with E-state index in [1.807, 2.05) is 0 Å². The van der Waals surface area contributed by atoms with Crippen LogP contribution in [-0.2, 0) is 0 Å². The van der Waals surface area contributed by atoms with Gasteiger partial charge in [-0.2, -0.15) is 0 Å². The predicted molar refractivity (Wildman–Crippen MR) is 44.5 cm³/mol. The maximum atomic E-state index is 13.1. The first-order valence-corrected chi connectivity index (χ1v) is 3.78. The lowest BCUT2D eigenvalue weighted by molar-refractivity contribution is 0.0689. The quantitative estimate of drug-likeness (QED) is 0.732. The third kappa shape index (κ3) is 1.30. The van der Waals surface area contributed by atoms with Crippen LogP contribution in [0.3, 0.4) is 0 Å². The normalized spacial score (nSPS) is 10.3. The zero-order chi connectivity index (χ0) is 11.0. The van der Waals surface area contributed by atoms with Crippen molar-refractivity contribution in [3.05, 3.63) is 28.3 Å². The van der Waals surface area contributed by atoms with E-state index in [9.17, 15) is 13.6 Å². The molecule has 0 aromatic heterocycles. The van der Waals surface area contributed by atoms with E-state index in [4.69, 9.17) is 10.2 Å². The van der Waals surface area contributed by atoms with Crippen molar-refractivity contribution in [3.8, 4) is 5.75 Å². The Hall–Kier alpha value is -1.65. The standard InChI is InChI=1S/C9H8F2O3/c1-3-4(2)6(10)8(12)7(11)5(3)9(13)14/h12H,1-2H3,(H,13,14). The molecule has 0 fully saturated rings. The van der Waals surface area contributed by atoms with Crippen molar-refractivity contribution in [2.24, 2.45) is 0 Å². The third-order valence-electron chi connectivity index (χ3n) is 2.12. The topological polar surface area (TPSA) is 57.5 Å². The minimum atomic E-state index is -1.53. The van der Waals surface area contributed by atoms with Gasteiger partial charge in [0.1, 0.15) is 5.56 Å². The summed E-state index contributed by atoms with van der Waals surface area (Å²) in [5, 5.41) is 17.5. The number of phenolic OH excluding ortho intramolecular Hbond substituents is 1. The summed E-state index contributed by atoms with van der Waals surface area (Å²) >= 11 is 0. The van der Waals surface area contributed by atoms with Gasteiger partial charge in [-0.15, -0.1) is 0 Å². The molecule has 0 atom stereocenters. The molecule has 0 unspecified atom stereocenters. The molecule has 0 aliphatic heterocycles. The molecule has 0 radical (unpaired) electrons. The molecule has 3 nitrogen and oxygen atoms in total. The first-order valence-electron chi connectivity index (χ1n) is 3.78. The molecule has 1 rings (SSSR count). The summed E-state index contributed by atoms with van der Waals surface area (Å²) < 4.78 is 26.1. The molecule has 5 heteroatoms. The number of halogens is 2. The fourth-order valence-corrected chi connectivity index (χ4v) is 1.16. The summed E-state index contributed by atoms with van der Waals surface area (Å²) in [6, 6.07) is 0. The number of benzene rings is 1. The van der Waals surface area contributed by atoms with Crippen LogP contribution < -0.4 is 0 Å². The second-order valence-corrected chi connectivity index (χ2v) is 2.91. The van der Waals surface area contributed by atoms with Crippen molar-refractivity contribution < 1.29 is 23.8 Å². The molecule has 0 spiro atoms. The molecule has 0 heterocycles. The molecular formula is C9H8F2O3. The molecule has 76 valence electrons. The number of rotatable bonds is 1. The van der Waals surface area contributed by atoms with Gasteiger partial charge in [0.2, 0.25) is 0 Å². The highest BCUT2D eigenvalue weighted by molar-refractivity contribution is 5.90. The molecular weight excluding hydrogens is 194 g/mol. The lowest BCUT2D eigenvalue weighted by Gasteiger charge is -2.09. The molecule has 0 aliphatic carbocycles. The van der Waals surface area contributed by atoms with Crippen LogP contribution in [0.1, 0.15) is 21.5 Å². The maximum Gasteiger partial charge on any atom is 0.339 e. The average molecular weight is 202 g/mol. The molecule has 14 heavy (non-hydrogen) atoms. The Balaban J connectivity index is 3.68. The van der Waals surface area contributed by atoms with Gasteiger partial charge in [-0.3, -0.25) is 0 Å². The first-order chi connectivity index (χ1) is 6.37. The molecule has 2 N–H and O–H groups in total. The Labute approximate surface area is 78.6 Å². The van der Waals surface area contributed by atoms with Crippen molar-refractivity contribution in [3.63, 3.8) is 0 Å². The monoisotopic (exact) mass is 202 g/mol. The van der Waals surface area contributed by atoms with Gasteiger partial charge in [0.05, 0.1) is 0 Å². The Morgan fingerprint density at radius 2 is 1.64 bits per heavy atom. The minimum Gasteiger partial charge on any atom is -0.503 e. The number of aromatic carboxylic acids is 1. The van der Waals surface area contributed by atoms with Crippen LogP contribution in [0.4, 0.5) is 8.78 Å². The fraction of sp³-hybridized carbons (Fsp3) is 0.222. The molecule has 0 amide bonds. The van der Waals surface area contributed by atoms with Crippen molar-refractivity contribution >= 4 is 5.97 Å². The smallest absolute Gasteiger partial charge is 0.339 e. The summed E-state index contributed by atoms with van der Waals surface area (Å²) in [7, 11) is 0. The highest BCUT2D eigenvalue weighted by Crippen LogP contribution is 2.29. The summed E-state index contributed by atoms with van der Waals surface area (Å²) in [5.74, 6) is -5.33. The number of aromatic hydroxyl groups is 1. The Morgan fingerprint density at radius 3 is 2.07 bits per heavy atom. The number of phenols is 1. The van der Waals surface area contributed by atoms with E-state index in [0.29, 0.717) is 0 Å². The fourth-order valence-electron chi connectivity index (χ4n) is 1.16. The van der Waals surface area contributed by atoms with Crippen molar-refractivity contribution in [1.82, 2.24) is 0 Å². The molecule has 1 aromatic carbocycles. The first kappa shape index (κ1) is 10.4. The Bertz CT molecular complexity index is 384. The predicted octanol–water partition coefficient (Wildman–Crippen LogP) is 1.99. The third-order valence-corrected chi connectivity index (χ3v) is 2.12. The van der Waals surface area contributed by atoms with E-state index >= 15 is 0 Å². The van der Waals surface area contributed by atoms with Crippen LogP contribution in [-0.4, -0.2) is 16.2 Å². The number of carbonyl (C=O) groups is 1. The van der Waals surface area contributed by atoms with Crippen LogP contribution in [0.25, 0.3) is 0 Å². The summed E-state index contributed by atoms with van der Waals surface area (Å²) in [5.41, 5.74) is -0.784. The van der Waals surface area contributed by atoms with Crippen LogP contribution in [0.15, 0.2) is 0 Å². The van der Waals surface area contributed by atoms with Gasteiger partial charge >= 0.3 is 5.97 Å². The van der Waals surface area contributed by atoms with Gasteiger partial charge < -0.3 is 10.2 Å². The van der Waals surface area contributed by atoms with Crippen molar-refractivity contribution in [2.45, 2.75) is 13.8 Å². The highest BCUT2D eigenvalue weighted by Gasteiger charge is 2.23. The Morgan fingerprint density at radius 1 is 1.14 bits per heavy atom. The molecule has 0 saturated heterocycles. The van der Waals surface area contributed by atoms with Crippen LogP contribution in [0, 0.1) is 25.5 Å². The van der Waals surface area contributed by atoms with Crippen molar-refractivity contribution in [2.75, 3.05) is 0 Å². The van der Waals surface area contributed by atoms with Gasteiger partial charge in [-0.1, -0.05) is 0 Å². The van der Waals surface area contributed by atoms with Crippen molar-refractivity contribution in [1.29, 1.82) is 0 Å². The van der Waals surface area contributed by atoms with E-state index in [1.54, 1.807) is 0 Å². The lowest BCUT2D eigenvalue weighted by atomic mass is 10.0. The van der Waals surface area contributed by atoms with Gasteiger partial charge in [-0.05, 0) is 25.0 Å². The van der Waals surface area contributed by atoms with Gasteiger partial charge in [0, 0.05) is 0 Å². The van der Waals surface area contributed by atoms with E-state index < -0.39 is 28.9 Å². The average Bonchev–Trinajstić information content (AvgIpc) is 2.11. The molecule has 1 aromatic rings. The number of hydrogen-bond acceptors (Lipinski definition) is 2. The van der Waals surface area contributed by atoms with Crippen LogP contribution in [0.2, 0.25) is 0 Å².